The Morgan fingerprint density at radius 1 is 1.20 bits per heavy atom. The highest BCUT2D eigenvalue weighted by Gasteiger charge is 2.06. The second kappa shape index (κ2) is 6.70. The van der Waals surface area contributed by atoms with Crippen LogP contribution in [0.25, 0.3) is 0 Å². The third-order valence-electron chi connectivity index (χ3n) is 2.98. The van der Waals surface area contributed by atoms with E-state index in [4.69, 9.17) is 5.73 Å². The Kier molecular flexibility index (Phi) is 4.95. The van der Waals surface area contributed by atoms with Gasteiger partial charge >= 0.3 is 0 Å². The molecular formula is C15H19BrN4. The molecule has 0 radical (unpaired) electrons. The van der Waals surface area contributed by atoms with Crippen LogP contribution in [0.2, 0.25) is 0 Å². The molecule has 0 fully saturated rings. The van der Waals surface area contributed by atoms with E-state index in [0.717, 1.165) is 41.1 Å². The van der Waals surface area contributed by atoms with Crippen LogP contribution in [-0.4, -0.2) is 9.97 Å². The minimum atomic E-state index is 0.501. The smallest absolute Gasteiger partial charge is 0.136 e. The molecule has 2 rings (SSSR count). The van der Waals surface area contributed by atoms with E-state index in [-0.39, 0.29) is 0 Å². The summed E-state index contributed by atoms with van der Waals surface area (Å²) in [4.78, 5) is 8.74. The Labute approximate surface area is 128 Å². The molecule has 0 aliphatic carbocycles. The molecule has 5 heteroatoms. The van der Waals surface area contributed by atoms with Gasteiger partial charge in [0, 0.05) is 22.6 Å². The molecule has 0 bridgehead atoms. The first-order chi connectivity index (χ1) is 9.62. The fourth-order valence-corrected chi connectivity index (χ4v) is 2.44. The van der Waals surface area contributed by atoms with Gasteiger partial charge in [-0.2, -0.15) is 0 Å². The van der Waals surface area contributed by atoms with Gasteiger partial charge in [-0.15, -0.1) is 0 Å². The second-order valence-corrected chi connectivity index (χ2v) is 5.54. The summed E-state index contributed by atoms with van der Waals surface area (Å²) in [5, 5.41) is 3.34. The SMILES string of the molecule is CCCc1nc(N)cc(Nc2ccc(Br)cc2CC)n1. The van der Waals surface area contributed by atoms with Crippen molar-refractivity contribution in [2.75, 3.05) is 11.1 Å². The first kappa shape index (κ1) is 14.8. The van der Waals surface area contributed by atoms with Crippen LogP contribution < -0.4 is 11.1 Å². The van der Waals surface area contributed by atoms with Crippen molar-refractivity contribution in [1.82, 2.24) is 9.97 Å². The van der Waals surface area contributed by atoms with Crippen LogP contribution >= 0.6 is 15.9 Å². The van der Waals surface area contributed by atoms with Crippen molar-refractivity contribution in [3.63, 3.8) is 0 Å². The molecule has 2 aromatic rings. The summed E-state index contributed by atoms with van der Waals surface area (Å²) < 4.78 is 1.08. The van der Waals surface area contributed by atoms with Gasteiger partial charge in [-0.05, 0) is 36.6 Å². The summed E-state index contributed by atoms with van der Waals surface area (Å²) in [5.41, 5.74) is 8.12. The van der Waals surface area contributed by atoms with E-state index in [1.807, 2.05) is 12.1 Å². The molecular weight excluding hydrogens is 316 g/mol. The fraction of sp³-hybridized carbons (Fsp3) is 0.333. The lowest BCUT2D eigenvalue weighted by Gasteiger charge is -2.12. The first-order valence-electron chi connectivity index (χ1n) is 6.81. The molecule has 0 aliphatic heterocycles. The number of aryl methyl sites for hydroxylation is 2. The van der Waals surface area contributed by atoms with Gasteiger partial charge in [0.05, 0.1) is 0 Å². The number of benzene rings is 1. The zero-order valence-electron chi connectivity index (χ0n) is 11.8. The number of hydrogen-bond acceptors (Lipinski definition) is 4. The number of nitrogens with two attached hydrogens (primary N) is 1. The van der Waals surface area contributed by atoms with E-state index < -0.39 is 0 Å². The lowest BCUT2D eigenvalue weighted by Crippen LogP contribution is -2.04. The standard InChI is InChI=1S/C15H19BrN4/c1-3-5-14-19-13(17)9-15(20-14)18-12-7-6-11(16)8-10(12)4-2/h6-9H,3-5H2,1-2H3,(H3,17,18,19,20). The topological polar surface area (TPSA) is 63.8 Å². The predicted octanol–water partition coefficient (Wildman–Crippen LogP) is 4.08. The summed E-state index contributed by atoms with van der Waals surface area (Å²) in [6.45, 7) is 4.23. The molecule has 0 atom stereocenters. The van der Waals surface area contributed by atoms with Crippen LogP contribution in [0.15, 0.2) is 28.7 Å². The first-order valence-corrected chi connectivity index (χ1v) is 7.60. The monoisotopic (exact) mass is 334 g/mol. The molecule has 0 unspecified atom stereocenters. The third kappa shape index (κ3) is 3.70. The maximum atomic E-state index is 5.84. The van der Waals surface area contributed by atoms with Gasteiger partial charge < -0.3 is 11.1 Å². The fourth-order valence-electron chi connectivity index (χ4n) is 2.03. The van der Waals surface area contributed by atoms with Crippen LogP contribution in [0.4, 0.5) is 17.3 Å². The largest absolute Gasteiger partial charge is 0.384 e. The maximum Gasteiger partial charge on any atom is 0.136 e. The molecule has 0 aliphatic rings. The van der Waals surface area contributed by atoms with Gasteiger partial charge in [-0.3, -0.25) is 0 Å². The minimum absolute atomic E-state index is 0.501. The number of rotatable bonds is 5. The molecule has 4 nitrogen and oxygen atoms in total. The number of aromatic nitrogens is 2. The summed E-state index contributed by atoms with van der Waals surface area (Å²) in [7, 11) is 0. The molecule has 0 saturated carbocycles. The molecule has 106 valence electrons. The van der Waals surface area contributed by atoms with E-state index in [0.29, 0.717) is 5.82 Å². The lowest BCUT2D eigenvalue weighted by molar-refractivity contribution is 0.839. The summed E-state index contributed by atoms with van der Waals surface area (Å²) in [6.07, 6.45) is 2.78. The van der Waals surface area contributed by atoms with Crippen molar-refractivity contribution in [1.29, 1.82) is 0 Å². The number of anilines is 3. The number of halogens is 1. The quantitative estimate of drug-likeness (QED) is 0.864. The molecule has 1 aromatic heterocycles. The van der Waals surface area contributed by atoms with Crippen LogP contribution in [0, 0.1) is 0 Å². The van der Waals surface area contributed by atoms with E-state index in [1.54, 1.807) is 6.07 Å². The second-order valence-electron chi connectivity index (χ2n) is 4.62. The Bertz CT molecular complexity index is 598. The number of nitrogens with zero attached hydrogens (tertiary/aromatic N) is 2. The van der Waals surface area contributed by atoms with Crippen LogP contribution in [0.5, 0.6) is 0 Å². The zero-order valence-corrected chi connectivity index (χ0v) is 13.4. The lowest BCUT2D eigenvalue weighted by atomic mass is 10.1. The maximum absolute atomic E-state index is 5.84. The van der Waals surface area contributed by atoms with Gasteiger partial charge in [0.1, 0.15) is 17.5 Å². The van der Waals surface area contributed by atoms with Crippen LogP contribution in [0.3, 0.4) is 0 Å². The van der Waals surface area contributed by atoms with E-state index in [2.05, 4.69) is 51.1 Å². The summed E-state index contributed by atoms with van der Waals surface area (Å²) in [6, 6.07) is 7.93. The number of hydrogen-bond donors (Lipinski definition) is 2. The van der Waals surface area contributed by atoms with Crippen molar-refractivity contribution < 1.29 is 0 Å². The van der Waals surface area contributed by atoms with Crippen molar-refractivity contribution in [2.24, 2.45) is 0 Å². The van der Waals surface area contributed by atoms with Crippen molar-refractivity contribution in [3.05, 3.63) is 40.1 Å². The Morgan fingerprint density at radius 2 is 2.00 bits per heavy atom. The van der Waals surface area contributed by atoms with Crippen molar-refractivity contribution >= 4 is 33.3 Å². The van der Waals surface area contributed by atoms with Crippen LogP contribution in [0.1, 0.15) is 31.7 Å². The molecule has 0 saturated heterocycles. The zero-order chi connectivity index (χ0) is 14.5. The van der Waals surface area contributed by atoms with Gasteiger partial charge in [-0.1, -0.05) is 29.8 Å². The highest BCUT2D eigenvalue weighted by atomic mass is 79.9. The van der Waals surface area contributed by atoms with E-state index in [1.165, 1.54) is 5.56 Å². The Balaban J connectivity index is 2.29. The summed E-state index contributed by atoms with van der Waals surface area (Å²) >= 11 is 3.49. The minimum Gasteiger partial charge on any atom is -0.384 e. The van der Waals surface area contributed by atoms with Crippen molar-refractivity contribution in [3.8, 4) is 0 Å². The molecule has 3 N–H and O–H groups in total. The molecule has 1 aromatic carbocycles. The van der Waals surface area contributed by atoms with E-state index in [9.17, 15) is 0 Å². The average molecular weight is 335 g/mol. The molecule has 1 heterocycles. The number of nitrogen functional groups attached to an aromatic ring is 1. The predicted molar refractivity (Wildman–Crippen MR) is 87.2 cm³/mol. The van der Waals surface area contributed by atoms with Crippen molar-refractivity contribution in [2.45, 2.75) is 33.1 Å². The normalized spacial score (nSPS) is 10.6. The van der Waals surface area contributed by atoms with Crippen LogP contribution in [-0.2, 0) is 12.8 Å². The highest BCUT2D eigenvalue weighted by molar-refractivity contribution is 9.10. The Morgan fingerprint density at radius 3 is 2.70 bits per heavy atom. The van der Waals surface area contributed by atoms with Gasteiger partial charge in [0.2, 0.25) is 0 Å². The van der Waals surface area contributed by atoms with Gasteiger partial charge in [0.25, 0.3) is 0 Å². The molecule has 0 spiro atoms. The van der Waals surface area contributed by atoms with Gasteiger partial charge in [0.15, 0.2) is 0 Å². The third-order valence-corrected chi connectivity index (χ3v) is 3.47. The Hall–Kier alpha value is -1.62. The number of nitrogens with one attached hydrogen (secondary N) is 1. The van der Waals surface area contributed by atoms with E-state index >= 15 is 0 Å². The molecule has 20 heavy (non-hydrogen) atoms. The average Bonchev–Trinajstić information content (AvgIpc) is 2.40. The summed E-state index contributed by atoms with van der Waals surface area (Å²) in [5.74, 6) is 2.03. The van der Waals surface area contributed by atoms with Gasteiger partial charge in [-0.25, -0.2) is 9.97 Å². The highest BCUT2D eigenvalue weighted by Crippen LogP contribution is 2.24. The molecule has 0 amide bonds.